The van der Waals surface area contributed by atoms with E-state index in [1.165, 1.54) is 0 Å². The molecule has 0 aromatic carbocycles. The van der Waals surface area contributed by atoms with E-state index in [9.17, 15) is 24.0 Å². The zero-order chi connectivity index (χ0) is 14.1. The predicted molar refractivity (Wildman–Crippen MR) is 62.2 cm³/mol. The van der Waals surface area contributed by atoms with Crippen LogP contribution in [0, 0.1) is 0 Å². The molecule has 0 bridgehead atoms. The second-order valence-electron chi connectivity index (χ2n) is 2.40. The van der Waals surface area contributed by atoms with Crippen molar-refractivity contribution < 1.29 is 126 Å². The summed E-state index contributed by atoms with van der Waals surface area (Å²) in [5.74, 6) is -2.07. The molecule has 0 atom stereocenters. The van der Waals surface area contributed by atoms with Gasteiger partial charge in [0.05, 0.1) is 12.8 Å². The van der Waals surface area contributed by atoms with Crippen molar-refractivity contribution in [3.05, 3.63) is 0 Å². The number of hydrogen-bond acceptors (Lipinski definition) is 11. The van der Waals surface area contributed by atoms with E-state index in [2.05, 4.69) is 38.9 Å². The molecule has 0 saturated carbocycles. The van der Waals surface area contributed by atoms with Gasteiger partial charge >= 0.3 is 101 Å². The topological polar surface area (TPSA) is 113 Å². The number of thiol groups is 1. The van der Waals surface area contributed by atoms with Crippen molar-refractivity contribution in [3.8, 4) is 0 Å². The van der Waals surface area contributed by atoms with Gasteiger partial charge in [-0.2, -0.15) is 0 Å². The molecule has 0 aromatic rings. The average molecular weight is 382 g/mol. The van der Waals surface area contributed by atoms with Gasteiger partial charge in [0.15, 0.2) is 10.6 Å². The van der Waals surface area contributed by atoms with Gasteiger partial charge in [-0.25, -0.2) is 0 Å². The van der Waals surface area contributed by atoms with Gasteiger partial charge in [-0.05, 0) is 0 Å². The fraction of sp³-hybridized carbons (Fsp3) is 0.286. The van der Waals surface area contributed by atoms with Crippen molar-refractivity contribution in [2.45, 2.75) is 12.8 Å². The second kappa shape index (κ2) is 17.9. The molecule has 0 amide bonds. The van der Waals surface area contributed by atoms with Gasteiger partial charge in [0, 0.05) is 0 Å². The third-order valence-corrected chi connectivity index (χ3v) is 1.91. The Labute approximate surface area is 201 Å². The fourth-order valence-electron chi connectivity index (χ4n) is 0.590. The Kier molecular flexibility index (Phi) is 25.9. The number of ether oxygens (including phenoxy) is 2. The molecule has 0 aliphatic carbocycles. The smallest absolute Gasteiger partial charge is 0.700 e. The van der Waals surface area contributed by atoms with Crippen LogP contribution in [0.1, 0.15) is 12.8 Å². The van der Waals surface area contributed by atoms with Crippen molar-refractivity contribution in [3.63, 3.8) is 0 Å². The molecular formula is C7H5Na3O8S3. The average Bonchev–Trinajstić information content (AvgIpc) is 2.22. The first-order chi connectivity index (χ1) is 8.31. The van der Waals surface area contributed by atoms with Gasteiger partial charge < -0.3 is 38.9 Å². The van der Waals surface area contributed by atoms with E-state index in [0.29, 0.717) is 0 Å². The molecule has 0 radical (unpaired) electrons. The van der Waals surface area contributed by atoms with E-state index in [1.807, 2.05) is 0 Å². The molecule has 0 aliphatic heterocycles. The quantitative estimate of drug-likeness (QED) is 0.116. The van der Waals surface area contributed by atoms with Crippen LogP contribution >= 0.6 is 0 Å². The first-order valence-electron chi connectivity index (χ1n) is 4.06. The van der Waals surface area contributed by atoms with Gasteiger partial charge in [-0.3, -0.25) is 36.0 Å². The van der Waals surface area contributed by atoms with Crippen LogP contribution in [0.4, 0.5) is 14.4 Å². The first-order valence-corrected chi connectivity index (χ1v) is 5.69. The van der Waals surface area contributed by atoms with Crippen LogP contribution in [-0.2, 0) is 60.5 Å². The molecule has 0 unspecified atom stereocenters. The van der Waals surface area contributed by atoms with Crippen molar-refractivity contribution in [2.24, 2.45) is 0 Å². The summed E-state index contributed by atoms with van der Waals surface area (Å²) in [5.41, 5.74) is 0. The summed E-state index contributed by atoms with van der Waals surface area (Å²) >= 11 is 7.37. The minimum atomic E-state index is -1.22. The zero-order valence-electron chi connectivity index (χ0n) is 11.4. The van der Waals surface area contributed by atoms with Crippen molar-refractivity contribution >= 4 is 65.1 Å². The molecular weight excluding hydrogens is 377 g/mol. The van der Waals surface area contributed by atoms with Crippen LogP contribution < -0.4 is 88.7 Å². The number of carbonyl (C=O) groups is 5. The molecule has 0 aromatic heterocycles. The van der Waals surface area contributed by atoms with E-state index >= 15 is 0 Å². The van der Waals surface area contributed by atoms with Crippen molar-refractivity contribution in [2.75, 3.05) is 0 Å². The molecule has 0 spiro atoms. The summed E-state index contributed by atoms with van der Waals surface area (Å²) in [6.07, 6.45) is -0.975. The summed E-state index contributed by atoms with van der Waals surface area (Å²) < 4.78 is 12.1. The van der Waals surface area contributed by atoms with Crippen LogP contribution in [0.25, 0.3) is 0 Å². The van der Waals surface area contributed by atoms with Crippen LogP contribution in [-0.4, -0.2) is 27.8 Å². The molecule has 0 aliphatic rings. The summed E-state index contributed by atoms with van der Waals surface area (Å²) in [6, 6.07) is 0. The van der Waals surface area contributed by atoms with E-state index < -0.39 is 52.7 Å². The molecule has 0 fully saturated rings. The van der Waals surface area contributed by atoms with Crippen molar-refractivity contribution in [1.29, 1.82) is 0 Å². The summed E-state index contributed by atoms with van der Waals surface area (Å²) in [5, 5.41) is -3.51. The molecule has 8 nitrogen and oxygen atoms in total. The Morgan fingerprint density at radius 3 is 1.57 bits per heavy atom. The SMILES string of the molecule is O=C([S-])O[SH-]C(=O)OC(=O)CCC(=O)OC(=O)[S-].[Na+].[Na+].[Na+]. The number of esters is 2. The standard InChI is InChI=1S/C7H7O8S3.3Na/c8-3(13-5(10)16)1-2-4(9)14-7(12)18-15-6(11)17;;;/h18H,1-2H2,(H,10,16)(H,11,17);;;/q-1;3*+1/p-2. The molecule has 0 rings (SSSR count). The van der Waals surface area contributed by atoms with Crippen LogP contribution in [0.3, 0.4) is 0 Å². The molecule has 0 heterocycles. The van der Waals surface area contributed by atoms with Gasteiger partial charge in [0.2, 0.25) is 5.30 Å². The Hall–Kier alpha value is 1.54. The van der Waals surface area contributed by atoms with E-state index in [0.717, 1.165) is 0 Å². The summed E-state index contributed by atoms with van der Waals surface area (Å²) in [4.78, 5) is 52.9. The maximum Gasteiger partial charge on any atom is 1.00 e. The number of rotatable bonds is 3. The van der Waals surface area contributed by atoms with Crippen molar-refractivity contribution in [1.82, 2.24) is 0 Å². The monoisotopic (exact) mass is 382 g/mol. The molecule has 0 saturated heterocycles. The molecule has 21 heavy (non-hydrogen) atoms. The molecule has 14 heteroatoms. The van der Waals surface area contributed by atoms with Gasteiger partial charge in [-0.15, -0.1) is 0 Å². The Morgan fingerprint density at radius 2 is 1.19 bits per heavy atom. The van der Waals surface area contributed by atoms with Crippen LogP contribution in [0.15, 0.2) is 0 Å². The first kappa shape index (κ1) is 30.4. The summed E-state index contributed by atoms with van der Waals surface area (Å²) in [6.45, 7) is 0. The minimum Gasteiger partial charge on any atom is -0.700 e. The maximum absolute atomic E-state index is 11.0. The fourth-order valence-corrected chi connectivity index (χ4v) is 1.08. The molecule has 0 N–H and O–H groups in total. The van der Waals surface area contributed by atoms with E-state index in [4.69, 9.17) is 0 Å². The van der Waals surface area contributed by atoms with Crippen LogP contribution in [0.2, 0.25) is 0 Å². The van der Waals surface area contributed by atoms with Gasteiger partial charge in [0.25, 0.3) is 0 Å². The Bertz CT molecular complexity index is 391. The van der Waals surface area contributed by atoms with Gasteiger partial charge in [0.1, 0.15) is 0 Å². The second-order valence-corrected chi connectivity index (χ2v) is 3.79. The predicted octanol–water partition coefficient (Wildman–Crippen LogP) is -8.93. The Balaban J connectivity index is -0.000000482. The van der Waals surface area contributed by atoms with E-state index in [1.54, 1.807) is 0 Å². The minimum absolute atomic E-state index is 0. The normalized spacial score (nSPS) is 8.00. The van der Waals surface area contributed by atoms with E-state index in [-0.39, 0.29) is 88.7 Å². The molecule has 102 valence electrons. The number of hydrogen-bond donors (Lipinski definition) is 0. The zero-order valence-corrected chi connectivity index (χ0v) is 20.0. The van der Waals surface area contributed by atoms with Crippen LogP contribution in [0.5, 0.6) is 0 Å². The Morgan fingerprint density at radius 1 is 0.762 bits per heavy atom. The third-order valence-electron chi connectivity index (χ3n) is 1.13. The van der Waals surface area contributed by atoms with Gasteiger partial charge in [-0.1, -0.05) is 0 Å². The third kappa shape index (κ3) is 21.5. The largest absolute Gasteiger partial charge is 1.00 e. The maximum atomic E-state index is 11.0. The summed E-state index contributed by atoms with van der Waals surface area (Å²) in [7, 11) is 0. The number of carbonyl (C=O) groups excluding carboxylic acids is 5.